The van der Waals surface area contributed by atoms with Crippen molar-refractivity contribution in [1.82, 2.24) is 0 Å². The van der Waals surface area contributed by atoms with Gasteiger partial charge >= 0.3 is 0 Å². The SMILES string of the molecule is CC(N)Cc1cccc(F)c1OC(C)C#N. The minimum absolute atomic E-state index is 0.0819. The van der Waals surface area contributed by atoms with Crippen molar-refractivity contribution < 1.29 is 9.13 Å². The minimum Gasteiger partial charge on any atom is -0.473 e. The third kappa shape index (κ3) is 3.21. The molecule has 16 heavy (non-hydrogen) atoms. The van der Waals surface area contributed by atoms with Gasteiger partial charge in [0.15, 0.2) is 17.7 Å². The normalized spacial score (nSPS) is 13.9. The lowest BCUT2D eigenvalue weighted by Gasteiger charge is -2.14. The molecule has 86 valence electrons. The molecule has 4 heteroatoms. The number of benzene rings is 1. The van der Waals surface area contributed by atoms with E-state index in [1.54, 1.807) is 19.1 Å². The van der Waals surface area contributed by atoms with Crippen LogP contribution in [0.2, 0.25) is 0 Å². The van der Waals surface area contributed by atoms with Crippen LogP contribution < -0.4 is 10.5 Å². The van der Waals surface area contributed by atoms with E-state index in [1.807, 2.05) is 13.0 Å². The fraction of sp³-hybridized carbons (Fsp3) is 0.417. The van der Waals surface area contributed by atoms with Gasteiger partial charge in [-0.3, -0.25) is 0 Å². The highest BCUT2D eigenvalue weighted by atomic mass is 19.1. The number of nitriles is 1. The van der Waals surface area contributed by atoms with Crippen LogP contribution >= 0.6 is 0 Å². The molecule has 0 fully saturated rings. The van der Waals surface area contributed by atoms with Gasteiger partial charge in [0.2, 0.25) is 0 Å². The monoisotopic (exact) mass is 222 g/mol. The van der Waals surface area contributed by atoms with Crippen molar-refractivity contribution in [3.8, 4) is 11.8 Å². The van der Waals surface area contributed by atoms with Gasteiger partial charge in [0, 0.05) is 6.04 Å². The molecule has 0 bridgehead atoms. The molecule has 0 aliphatic heterocycles. The zero-order valence-corrected chi connectivity index (χ0v) is 9.40. The van der Waals surface area contributed by atoms with E-state index in [0.717, 1.165) is 0 Å². The number of para-hydroxylation sites is 1. The first-order valence-corrected chi connectivity index (χ1v) is 5.13. The van der Waals surface area contributed by atoms with Crippen LogP contribution in [0, 0.1) is 17.1 Å². The summed E-state index contributed by atoms with van der Waals surface area (Å²) in [4.78, 5) is 0. The van der Waals surface area contributed by atoms with Crippen molar-refractivity contribution in [2.45, 2.75) is 32.4 Å². The Hall–Kier alpha value is -1.60. The molecule has 0 amide bonds. The third-order valence-corrected chi connectivity index (χ3v) is 2.07. The summed E-state index contributed by atoms with van der Waals surface area (Å²) in [6.45, 7) is 3.41. The Morgan fingerprint density at radius 1 is 1.50 bits per heavy atom. The molecule has 0 saturated heterocycles. The number of nitrogens with two attached hydrogens (primary N) is 1. The van der Waals surface area contributed by atoms with Crippen LogP contribution in [0.5, 0.6) is 5.75 Å². The van der Waals surface area contributed by atoms with E-state index in [9.17, 15) is 4.39 Å². The Labute approximate surface area is 94.6 Å². The first-order chi connectivity index (χ1) is 7.54. The summed E-state index contributed by atoms with van der Waals surface area (Å²) in [6, 6.07) is 6.49. The zero-order valence-electron chi connectivity index (χ0n) is 9.40. The Kier molecular flexibility index (Phi) is 4.27. The number of rotatable bonds is 4. The molecule has 0 saturated carbocycles. The number of nitrogens with zero attached hydrogens (tertiary/aromatic N) is 1. The number of hydrogen-bond acceptors (Lipinski definition) is 3. The van der Waals surface area contributed by atoms with E-state index in [0.29, 0.717) is 12.0 Å². The Balaban J connectivity index is 2.99. The average Bonchev–Trinajstić information content (AvgIpc) is 2.22. The molecule has 0 radical (unpaired) electrons. The van der Waals surface area contributed by atoms with Crippen molar-refractivity contribution in [2.75, 3.05) is 0 Å². The van der Waals surface area contributed by atoms with E-state index < -0.39 is 11.9 Å². The lowest BCUT2D eigenvalue weighted by molar-refractivity contribution is 0.259. The van der Waals surface area contributed by atoms with Gasteiger partial charge < -0.3 is 10.5 Å². The number of ether oxygens (including phenoxy) is 1. The molecule has 1 aromatic carbocycles. The largest absolute Gasteiger partial charge is 0.473 e. The highest BCUT2D eigenvalue weighted by Gasteiger charge is 2.13. The quantitative estimate of drug-likeness (QED) is 0.847. The van der Waals surface area contributed by atoms with E-state index in [2.05, 4.69) is 0 Å². The number of halogens is 1. The second kappa shape index (κ2) is 5.47. The highest BCUT2D eigenvalue weighted by Crippen LogP contribution is 2.24. The van der Waals surface area contributed by atoms with Crippen molar-refractivity contribution in [3.63, 3.8) is 0 Å². The summed E-state index contributed by atoms with van der Waals surface area (Å²) in [5.74, 6) is -0.325. The van der Waals surface area contributed by atoms with E-state index in [1.165, 1.54) is 6.07 Å². The summed E-state index contributed by atoms with van der Waals surface area (Å²) in [5.41, 5.74) is 6.36. The Bertz CT molecular complexity index is 398. The smallest absolute Gasteiger partial charge is 0.181 e. The average molecular weight is 222 g/mol. The van der Waals surface area contributed by atoms with Crippen molar-refractivity contribution in [3.05, 3.63) is 29.6 Å². The van der Waals surface area contributed by atoms with E-state index in [-0.39, 0.29) is 11.8 Å². The maximum Gasteiger partial charge on any atom is 0.181 e. The van der Waals surface area contributed by atoms with Gasteiger partial charge in [-0.2, -0.15) is 5.26 Å². The molecule has 2 unspecified atom stereocenters. The summed E-state index contributed by atoms with van der Waals surface area (Å²) < 4.78 is 18.8. The molecule has 2 atom stereocenters. The predicted molar refractivity (Wildman–Crippen MR) is 59.5 cm³/mol. The second-order valence-electron chi connectivity index (χ2n) is 3.80. The molecule has 0 aliphatic carbocycles. The van der Waals surface area contributed by atoms with Crippen molar-refractivity contribution in [2.24, 2.45) is 5.73 Å². The predicted octanol–water partition coefficient (Wildman–Crippen LogP) is 2.01. The molecule has 0 aromatic heterocycles. The molecule has 0 aliphatic rings. The molecular formula is C12H15FN2O. The van der Waals surface area contributed by atoms with Crippen LogP contribution in [-0.4, -0.2) is 12.1 Å². The Morgan fingerprint density at radius 2 is 2.19 bits per heavy atom. The van der Waals surface area contributed by atoms with Crippen LogP contribution in [-0.2, 0) is 6.42 Å². The lowest BCUT2D eigenvalue weighted by Crippen LogP contribution is -2.19. The molecule has 3 nitrogen and oxygen atoms in total. The molecule has 0 heterocycles. The van der Waals surface area contributed by atoms with Crippen LogP contribution in [0.15, 0.2) is 18.2 Å². The minimum atomic E-state index is -0.677. The summed E-state index contributed by atoms with van der Waals surface area (Å²) in [6.07, 6.45) is -0.158. The molecule has 1 rings (SSSR count). The van der Waals surface area contributed by atoms with Crippen molar-refractivity contribution >= 4 is 0 Å². The van der Waals surface area contributed by atoms with Gasteiger partial charge in [-0.05, 0) is 31.9 Å². The van der Waals surface area contributed by atoms with Crippen LogP contribution in [0.3, 0.4) is 0 Å². The summed E-state index contributed by atoms with van der Waals surface area (Å²) >= 11 is 0. The van der Waals surface area contributed by atoms with Gasteiger partial charge in [-0.25, -0.2) is 4.39 Å². The number of hydrogen-bond donors (Lipinski definition) is 1. The van der Waals surface area contributed by atoms with Crippen LogP contribution in [0.4, 0.5) is 4.39 Å². The van der Waals surface area contributed by atoms with Gasteiger partial charge in [0.1, 0.15) is 6.07 Å². The maximum atomic E-state index is 13.5. The first kappa shape index (κ1) is 12.5. The van der Waals surface area contributed by atoms with Crippen LogP contribution in [0.25, 0.3) is 0 Å². The van der Waals surface area contributed by atoms with E-state index >= 15 is 0 Å². The molecule has 1 aromatic rings. The molecular weight excluding hydrogens is 207 g/mol. The molecule has 0 spiro atoms. The van der Waals surface area contributed by atoms with Gasteiger partial charge in [0.25, 0.3) is 0 Å². The Morgan fingerprint density at radius 3 is 2.75 bits per heavy atom. The third-order valence-electron chi connectivity index (χ3n) is 2.07. The standard InChI is InChI=1S/C12H15FN2O/c1-8(15)6-10-4-3-5-11(13)12(10)16-9(2)7-14/h3-5,8-9H,6,15H2,1-2H3. The van der Waals surface area contributed by atoms with Gasteiger partial charge in [0.05, 0.1) is 0 Å². The first-order valence-electron chi connectivity index (χ1n) is 5.13. The zero-order chi connectivity index (χ0) is 12.1. The van der Waals surface area contributed by atoms with Crippen LogP contribution in [0.1, 0.15) is 19.4 Å². The fourth-order valence-corrected chi connectivity index (χ4v) is 1.40. The van der Waals surface area contributed by atoms with Gasteiger partial charge in [-0.15, -0.1) is 0 Å². The van der Waals surface area contributed by atoms with E-state index in [4.69, 9.17) is 15.7 Å². The second-order valence-corrected chi connectivity index (χ2v) is 3.80. The summed E-state index contributed by atoms with van der Waals surface area (Å²) in [5, 5.41) is 8.64. The highest BCUT2D eigenvalue weighted by molar-refractivity contribution is 5.36. The summed E-state index contributed by atoms with van der Waals surface area (Å²) in [7, 11) is 0. The van der Waals surface area contributed by atoms with Crippen molar-refractivity contribution in [1.29, 1.82) is 5.26 Å². The van der Waals surface area contributed by atoms with Gasteiger partial charge in [-0.1, -0.05) is 12.1 Å². The lowest BCUT2D eigenvalue weighted by atomic mass is 10.1. The molecule has 2 N–H and O–H groups in total. The fourth-order valence-electron chi connectivity index (χ4n) is 1.40. The maximum absolute atomic E-state index is 13.5. The topological polar surface area (TPSA) is 59.0 Å².